The largest absolute Gasteiger partial charge is 0.503 e. The van der Waals surface area contributed by atoms with Crippen LogP contribution >= 0.6 is 11.3 Å². The van der Waals surface area contributed by atoms with Gasteiger partial charge in [0.15, 0.2) is 16.7 Å². The summed E-state index contributed by atoms with van der Waals surface area (Å²) in [5.41, 5.74) is 0.232. The quantitative estimate of drug-likeness (QED) is 0.243. The van der Waals surface area contributed by atoms with Gasteiger partial charge in [-0.1, -0.05) is 53.8 Å². The Hall–Kier alpha value is -4.38. The molecule has 34 heavy (non-hydrogen) atoms. The predicted octanol–water partition coefficient (Wildman–Crippen LogP) is 3.93. The zero-order valence-electron chi connectivity index (χ0n) is 17.9. The van der Waals surface area contributed by atoms with Crippen LogP contribution in [-0.2, 0) is 9.53 Å². The average Bonchev–Trinajstić information content (AvgIpc) is 3.35. The number of nitro groups is 1. The third-order valence-electron chi connectivity index (χ3n) is 5.25. The van der Waals surface area contributed by atoms with Crippen molar-refractivity contribution in [3.63, 3.8) is 0 Å². The van der Waals surface area contributed by atoms with Gasteiger partial charge >= 0.3 is 5.97 Å². The first-order valence-electron chi connectivity index (χ1n) is 9.91. The molecule has 0 radical (unpaired) electrons. The number of anilines is 1. The van der Waals surface area contributed by atoms with Crippen molar-refractivity contribution >= 4 is 39.8 Å². The maximum atomic E-state index is 13.4. The number of aliphatic hydroxyl groups is 1. The number of benzene rings is 2. The highest BCUT2D eigenvalue weighted by Crippen LogP contribution is 2.44. The fourth-order valence-corrected chi connectivity index (χ4v) is 4.68. The van der Waals surface area contributed by atoms with Crippen LogP contribution in [0.4, 0.5) is 10.8 Å². The van der Waals surface area contributed by atoms with E-state index < -0.39 is 34.4 Å². The summed E-state index contributed by atoms with van der Waals surface area (Å²) in [6.07, 6.45) is 0. The van der Waals surface area contributed by atoms with Crippen molar-refractivity contribution in [2.75, 3.05) is 12.0 Å². The van der Waals surface area contributed by atoms with E-state index >= 15 is 0 Å². The van der Waals surface area contributed by atoms with Gasteiger partial charge in [-0.25, -0.2) is 9.78 Å². The number of hydrogen-bond acceptors (Lipinski definition) is 9. The summed E-state index contributed by atoms with van der Waals surface area (Å²) in [6, 6.07) is 12.3. The number of non-ortho nitro benzene ring substituents is 1. The van der Waals surface area contributed by atoms with Crippen LogP contribution in [0.25, 0.3) is 0 Å². The van der Waals surface area contributed by atoms with Crippen molar-refractivity contribution in [3.8, 4) is 0 Å². The van der Waals surface area contributed by atoms with Crippen LogP contribution in [0.5, 0.6) is 0 Å². The number of ketones is 1. The Morgan fingerprint density at radius 2 is 1.88 bits per heavy atom. The lowest BCUT2D eigenvalue weighted by Crippen LogP contribution is -2.31. The molecule has 0 spiro atoms. The Balaban J connectivity index is 1.91. The number of aryl methyl sites for hydroxylation is 1. The molecule has 1 aliphatic heterocycles. The molecule has 4 rings (SSSR count). The van der Waals surface area contributed by atoms with Gasteiger partial charge in [0.25, 0.3) is 11.6 Å². The van der Waals surface area contributed by atoms with Crippen LogP contribution in [0, 0.1) is 17.0 Å². The van der Waals surface area contributed by atoms with Crippen LogP contribution < -0.4 is 4.90 Å². The van der Waals surface area contributed by atoms with Crippen LogP contribution in [0.1, 0.15) is 37.3 Å². The molecule has 2 aromatic carbocycles. The molecule has 11 heteroatoms. The summed E-state index contributed by atoms with van der Waals surface area (Å²) in [5, 5.41) is 22.2. The third-order valence-corrected chi connectivity index (χ3v) is 6.38. The lowest BCUT2D eigenvalue weighted by molar-refractivity contribution is -0.384. The van der Waals surface area contributed by atoms with E-state index in [9.17, 15) is 29.6 Å². The molecule has 0 saturated heterocycles. The summed E-state index contributed by atoms with van der Waals surface area (Å²) >= 11 is 0.850. The number of esters is 1. The number of nitrogens with zero attached hydrogens (tertiary/aromatic N) is 3. The maximum absolute atomic E-state index is 13.4. The van der Waals surface area contributed by atoms with Gasteiger partial charge in [0.2, 0.25) is 0 Å². The minimum Gasteiger partial charge on any atom is -0.503 e. The molecule has 1 aromatic heterocycles. The topological polar surface area (TPSA) is 140 Å². The maximum Gasteiger partial charge on any atom is 0.350 e. The fraction of sp³-hybridized carbons (Fsp3) is 0.130. The van der Waals surface area contributed by atoms with Crippen LogP contribution in [-0.4, -0.2) is 39.8 Å². The van der Waals surface area contributed by atoms with E-state index in [0.717, 1.165) is 16.2 Å². The summed E-state index contributed by atoms with van der Waals surface area (Å²) in [6.45, 7) is 1.55. The Bertz CT molecular complexity index is 1360. The van der Waals surface area contributed by atoms with Crippen molar-refractivity contribution < 1.29 is 29.2 Å². The third kappa shape index (κ3) is 3.82. The Morgan fingerprint density at radius 3 is 2.53 bits per heavy atom. The van der Waals surface area contributed by atoms with E-state index in [-0.39, 0.29) is 32.4 Å². The zero-order chi connectivity index (χ0) is 24.6. The number of rotatable bonds is 6. The summed E-state index contributed by atoms with van der Waals surface area (Å²) in [7, 11) is 1.21. The Labute approximate surface area is 196 Å². The number of Topliss-reactive ketones (excluding diaryl/α,β-unsaturated/α-hetero) is 1. The summed E-state index contributed by atoms with van der Waals surface area (Å²) < 4.78 is 4.75. The molecule has 1 amide bonds. The monoisotopic (exact) mass is 479 g/mol. The minimum absolute atomic E-state index is 0.0295. The highest BCUT2D eigenvalue weighted by molar-refractivity contribution is 7.17. The van der Waals surface area contributed by atoms with Gasteiger partial charge in [-0.15, -0.1) is 0 Å². The summed E-state index contributed by atoms with van der Waals surface area (Å²) in [4.78, 5) is 54.9. The number of amides is 1. The summed E-state index contributed by atoms with van der Waals surface area (Å²) in [5.74, 6) is -2.98. The second-order valence-electron chi connectivity index (χ2n) is 7.29. The first-order chi connectivity index (χ1) is 16.2. The Morgan fingerprint density at radius 1 is 1.18 bits per heavy atom. The molecule has 172 valence electrons. The molecule has 1 unspecified atom stereocenters. The second kappa shape index (κ2) is 8.87. The van der Waals surface area contributed by atoms with Crippen molar-refractivity contribution in [1.82, 2.24) is 4.98 Å². The molecule has 3 aromatic rings. The first-order valence-corrected chi connectivity index (χ1v) is 10.7. The molecule has 0 fully saturated rings. The van der Waals surface area contributed by atoms with E-state index in [1.54, 1.807) is 25.1 Å². The Kier molecular flexibility index (Phi) is 5.95. The van der Waals surface area contributed by atoms with E-state index in [2.05, 4.69) is 4.98 Å². The van der Waals surface area contributed by atoms with Gasteiger partial charge in [0.05, 0.1) is 29.3 Å². The standard InChI is InChI=1S/C23H17N3O7S/c1-12-20(22(30)33-2)34-23(24-12)25-17(14-9-6-10-15(11-14)26(31)32)16(19(28)21(25)29)18(27)13-7-4-3-5-8-13/h3-11,17,28H,1-2H3. The number of aliphatic hydroxyl groups excluding tert-OH is 1. The minimum atomic E-state index is -1.21. The van der Waals surface area contributed by atoms with Gasteiger partial charge in [0, 0.05) is 17.7 Å². The van der Waals surface area contributed by atoms with Crippen LogP contribution in [0.3, 0.4) is 0 Å². The molecular formula is C23H17N3O7S. The number of methoxy groups -OCH3 is 1. The predicted molar refractivity (Wildman–Crippen MR) is 122 cm³/mol. The first kappa shape index (κ1) is 22.8. The van der Waals surface area contributed by atoms with Crippen molar-refractivity contribution in [3.05, 3.63) is 97.7 Å². The molecular weight excluding hydrogens is 462 g/mol. The lowest BCUT2D eigenvalue weighted by atomic mass is 9.92. The van der Waals surface area contributed by atoms with Gasteiger partial charge in [-0.3, -0.25) is 24.6 Å². The fourth-order valence-electron chi connectivity index (χ4n) is 3.67. The van der Waals surface area contributed by atoms with Crippen LogP contribution in [0.2, 0.25) is 0 Å². The smallest absolute Gasteiger partial charge is 0.350 e. The van der Waals surface area contributed by atoms with Crippen molar-refractivity contribution in [2.45, 2.75) is 13.0 Å². The molecule has 0 bridgehead atoms. The molecule has 0 saturated carbocycles. The van der Waals surface area contributed by atoms with Crippen LogP contribution in [0.15, 0.2) is 65.9 Å². The molecule has 2 heterocycles. The SMILES string of the molecule is COC(=O)c1sc(N2C(=O)C(O)=C(C(=O)c3ccccc3)C2c2cccc([N+](=O)[O-])c2)nc1C. The van der Waals surface area contributed by atoms with E-state index in [0.29, 0.717) is 5.69 Å². The number of carbonyl (C=O) groups is 3. The number of ether oxygens (including phenoxy) is 1. The molecule has 1 aliphatic rings. The highest BCUT2D eigenvalue weighted by atomic mass is 32.1. The molecule has 0 aliphatic carbocycles. The number of hydrogen-bond donors (Lipinski definition) is 1. The van der Waals surface area contributed by atoms with E-state index in [1.807, 2.05) is 0 Å². The second-order valence-corrected chi connectivity index (χ2v) is 8.27. The van der Waals surface area contributed by atoms with Gasteiger partial charge < -0.3 is 9.84 Å². The normalized spacial score (nSPS) is 15.5. The molecule has 10 nitrogen and oxygen atoms in total. The average molecular weight is 479 g/mol. The number of carbonyl (C=O) groups excluding carboxylic acids is 3. The number of thiazole rings is 1. The van der Waals surface area contributed by atoms with Gasteiger partial charge in [0.1, 0.15) is 4.88 Å². The van der Waals surface area contributed by atoms with Crippen molar-refractivity contribution in [1.29, 1.82) is 0 Å². The molecule has 1 N–H and O–H groups in total. The molecule has 1 atom stereocenters. The van der Waals surface area contributed by atoms with Gasteiger partial charge in [-0.05, 0) is 12.5 Å². The number of nitro benzene ring substituents is 1. The lowest BCUT2D eigenvalue weighted by Gasteiger charge is -2.24. The zero-order valence-corrected chi connectivity index (χ0v) is 18.7. The van der Waals surface area contributed by atoms with E-state index in [4.69, 9.17) is 4.74 Å². The number of aromatic nitrogens is 1. The van der Waals surface area contributed by atoms with E-state index in [1.165, 1.54) is 43.5 Å². The van der Waals surface area contributed by atoms with Gasteiger partial charge in [-0.2, -0.15) is 0 Å². The highest BCUT2D eigenvalue weighted by Gasteiger charge is 2.46. The van der Waals surface area contributed by atoms with Crippen molar-refractivity contribution in [2.24, 2.45) is 0 Å².